The SMILES string of the molecule is CCCCCCCCCCCCCCCCCCOCCCOC(=O)NCCCCCC(=O)NCCC(C)(C)OCCC(C)(C)OCCNC(=O)CCCCCN1C(=O)CC(SC[C@@H](NC(C)=O)C(=O)O)C1=O. The van der Waals surface area contributed by atoms with Gasteiger partial charge in [-0.25, -0.2) is 9.59 Å². The maximum atomic E-state index is 12.7. The lowest BCUT2D eigenvalue weighted by Crippen LogP contribution is -2.42. The van der Waals surface area contributed by atoms with Gasteiger partial charge in [-0.15, -0.1) is 11.8 Å². The van der Waals surface area contributed by atoms with Crippen molar-refractivity contribution in [2.24, 2.45) is 0 Å². The Balaban J connectivity index is 1.96. The normalized spacial score (nSPS) is 14.3. The zero-order valence-corrected chi connectivity index (χ0v) is 47.1. The van der Waals surface area contributed by atoms with Crippen LogP contribution in [-0.2, 0) is 47.7 Å². The Morgan fingerprint density at radius 3 is 1.73 bits per heavy atom. The van der Waals surface area contributed by atoms with Crippen LogP contribution in [0.2, 0.25) is 0 Å². The van der Waals surface area contributed by atoms with Crippen LogP contribution in [0, 0.1) is 0 Å². The molecule has 2 atom stereocenters. The summed E-state index contributed by atoms with van der Waals surface area (Å²) in [5, 5.41) is 19.6. The minimum Gasteiger partial charge on any atom is -0.480 e. The molecule has 0 radical (unpaired) electrons. The van der Waals surface area contributed by atoms with Crippen LogP contribution in [0.1, 0.15) is 221 Å². The van der Waals surface area contributed by atoms with Crippen LogP contribution in [-0.4, -0.2) is 139 Å². The first-order chi connectivity index (χ1) is 35.0. The van der Waals surface area contributed by atoms with E-state index in [1.807, 2.05) is 27.7 Å². The average molecular weight is 1060 g/mol. The maximum absolute atomic E-state index is 12.7. The van der Waals surface area contributed by atoms with Gasteiger partial charge in [0.1, 0.15) is 6.04 Å². The summed E-state index contributed by atoms with van der Waals surface area (Å²) in [7, 11) is 0. The molecule has 18 heteroatoms. The van der Waals surface area contributed by atoms with Gasteiger partial charge in [-0.1, -0.05) is 116 Å². The number of carboxylic acids is 1. The van der Waals surface area contributed by atoms with E-state index in [0.717, 1.165) is 44.1 Å². The van der Waals surface area contributed by atoms with Crippen LogP contribution >= 0.6 is 11.8 Å². The van der Waals surface area contributed by atoms with E-state index >= 15 is 0 Å². The molecule has 0 bridgehead atoms. The van der Waals surface area contributed by atoms with Gasteiger partial charge in [0.15, 0.2) is 0 Å². The second-order valence-corrected chi connectivity index (χ2v) is 22.1. The molecule has 5 N–H and O–H groups in total. The van der Waals surface area contributed by atoms with Gasteiger partial charge < -0.3 is 45.3 Å². The van der Waals surface area contributed by atoms with Crippen molar-refractivity contribution in [1.29, 1.82) is 0 Å². The van der Waals surface area contributed by atoms with Crippen LogP contribution in [0.4, 0.5) is 4.79 Å². The summed E-state index contributed by atoms with van der Waals surface area (Å²) in [6, 6.07) is -1.14. The molecule has 1 heterocycles. The van der Waals surface area contributed by atoms with Gasteiger partial charge in [-0.2, -0.15) is 0 Å². The number of nitrogens with zero attached hydrogens (tertiary/aromatic N) is 1. The molecule has 1 rings (SSSR count). The molecular formula is C55H101N5O12S. The van der Waals surface area contributed by atoms with Gasteiger partial charge in [0.05, 0.1) is 36.3 Å². The Kier molecular flexibility index (Phi) is 39.5. The number of carbonyl (C=O) groups excluding carboxylic acids is 6. The number of rotatable bonds is 49. The number of carboxylic acid groups (broad SMARTS) is 1. The molecule has 1 unspecified atom stereocenters. The standard InChI is InChI=1S/C55H101N5O12S/c1-7-8-9-10-11-12-13-14-15-16-17-18-19-20-21-28-38-69-39-29-40-70-53(68)58-34-26-22-24-30-48(62)56-35-32-54(3,4)71-41-33-55(5,6)72-42-36-57-49(63)31-25-23-27-37-60-50(64)43-47(51(60)65)73-44-46(52(66)67)59-45(2)61/h46-47H,7-44H2,1-6H3,(H,56,62)(H,57,63)(H,58,68)(H,59,61)(H,66,67)/t46-,47?/m1/s1. The molecule has 0 aliphatic carbocycles. The van der Waals surface area contributed by atoms with Crippen molar-refractivity contribution in [2.45, 2.75) is 244 Å². The first-order valence-corrected chi connectivity index (χ1v) is 29.3. The number of carbonyl (C=O) groups is 7. The largest absolute Gasteiger partial charge is 0.480 e. The third-order valence-electron chi connectivity index (χ3n) is 12.9. The summed E-state index contributed by atoms with van der Waals surface area (Å²) in [6.45, 7) is 15.5. The highest BCUT2D eigenvalue weighted by molar-refractivity contribution is 8.00. The Morgan fingerprint density at radius 1 is 0.616 bits per heavy atom. The van der Waals surface area contributed by atoms with Gasteiger partial charge in [0.2, 0.25) is 29.5 Å². The molecule has 6 amide bonds. The number of unbranched alkanes of at least 4 members (excludes halogenated alkanes) is 19. The van der Waals surface area contributed by atoms with Crippen LogP contribution < -0.4 is 21.3 Å². The number of amides is 6. The summed E-state index contributed by atoms with van der Waals surface area (Å²) in [5.41, 5.74) is -0.921. The molecule has 17 nitrogen and oxygen atoms in total. The number of alkyl carbamates (subject to hydrolysis) is 1. The second-order valence-electron chi connectivity index (χ2n) is 20.9. The number of ether oxygens (including phenoxy) is 4. The molecule has 0 spiro atoms. The highest BCUT2D eigenvalue weighted by atomic mass is 32.2. The fraction of sp³-hybridized carbons (Fsp3) is 0.873. The highest BCUT2D eigenvalue weighted by Gasteiger charge is 2.39. The molecule has 1 saturated heterocycles. The fourth-order valence-corrected chi connectivity index (χ4v) is 9.49. The van der Waals surface area contributed by atoms with E-state index in [9.17, 15) is 38.7 Å². The summed E-state index contributed by atoms with van der Waals surface area (Å²) in [5.74, 6) is -2.49. The van der Waals surface area contributed by atoms with E-state index in [1.54, 1.807) is 0 Å². The molecule has 1 aliphatic heterocycles. The van der Waals surface area contributed by atoms with Gasteiger partial charge in [0.25, 0.3) is 0 Å². The Labute approximate surface area is 444 Å². The van der Waals surface area contributed by atoms with Gasteiger partial charge >= 0.3 is 12.1 Å². The molecular weight excluding hydrogens is 955 g/mol. The van der Waals surface area contributed by atoms with Crippen LogP contribution in [0.15, 0.2) is 0 Å². The van der Waals surface area contributed by atoms with Gasteiger partial charge in [0, 0.05) is 77.8 Å². The number of aliphatic carboxylic acids is 1. The van der Waals surface area contributed by atoms with Crippen LogP contribution in [0.3, 0.4) is 0 Å². The van der Waals surface area contributed by atoms with Crippen LogP contribution in [0.25, 0.3) is 0 Å². The van der Waals surface area contributed by atoms with Crippen molar-refractivity contribution in [3.63, 3.8) is 0 Å². The van der Waals surface area contributed by atoms with Crippen molar-refractivity contribution in [1.82, 2.24) is 26.2 Å². The average Bonchev–Trinajstić information content (AvgIpc) is 3.60. The number of imide groups is 1. The number of hydrogen-bond donors (Lipinski definition) is 5. The first-order valence-electron chi connectivity index (χ1n) is 28.2. The molecule has 0 saturated carbocycles. The molecule has 1 aliphatic rings. The summed E-state index contributed by atoms with van der Waals surface area (Å²) < 4.78 is 23.2. The molecule has 0 aromatic rings. The van der Waals surface area contributed by atoms with E-state index in [2.05, 4.69) is 28.2 Å². The van der Waals surface area contributed by atoms with E-state index in [1.165, 1.54) is 108 Å². The monoisotopic (exact) mass is 1060 g/mol. The third kappa shape index (κ3) is 38.7. The Bertz CT molecular complexity index is 1540. The van der Waals surface area contributed by atoms with E-state index < -0.39 is 40.5 Å². The molecule has 73 heavy (non-hydrogen) atoms. The van der Waals surface area contributed by atoms with Crippen molar-refractivity contribution < 1.29 is 57.6 Å². The fourth-order valence-electron chi connectivity index (χ4n) is 8.31. The van der Waals surface area contributed by atoms with Crippen molar-refractivity contribution in [3.8, 4) is 0 Å². The Morgan fingerprint density at radius 2 is 1.14 bits per heavy atom. The summed E-state index contributed by atoms with van der Waals surface area (Å²) >= 11 is 1.05. The zero-order valence-electron chi connectivity index (χ0n) is 46.3. The molecule has 0 aromatic carbocycles. The van der Waals surface area contributed by atoms with Crippen LogP contribution in [0.5, 0.6) is 0 Å². The van der Waals surface area contributed by atoms with Crippen molar-refractivity contribution in [2.75, 3.05) is 65.0 Å². The highest BCUT2D eigenvalue weighted by Crippen LogP contribution is 2.26. The molecule has 1 fully saturated rings. The maximum Gasteiger partial charge on any atom is 0.407 e. The van der Waals surface area contributed by atoms with E-state index in [-0.39, 0.29) is 42.3 Å². The topological polar surface area (TPSA) is 228 Å². The number of nitrogens with one attached hydrogen (secondary N) is 4. The lowest BCUT2D eigenvalue weighted by Gasteiger charge is -2.30. The smallest absolute Gasteiger partial charge is 0.407 e. The predicted molar refractivity (Wildman–Crippen MR) is 289 cm³/mol. The quantitative estimate of drug-likeness (QED) is 0.0283. The van der Waals surface area contributed by atoms with Crippen molar-refractivity contribution >= 4 is 53.4 Å². The lowest BCUT2D eigenvalue weighted by molar-refractivity contribution is -0.141. The first kappa shape index (κ1) is 67.5. The number of likely N-dealkylation sites (tertiary alicyclic amines) is 1. The minimum atomic E-state index is -1.20. The molecule has 0 aromatic heterocycles. The number of thioether (sulfide) groups is 1. The van der Waals surface area contributed by atoms with Crippen molar-refractivity contribution in [3.05, 3.63) is 0 Å². The van der Waals surface area contributed by atoms with Gasteiger partial charge in [-0.05, 0) is 72.6 Å². The predicted octanol–water partition coefficient (Wildman–Crippen LogP) is 9.55. The Hall–Kier alpha value is -3.48. The lowest BCUT2D eigenvalue weighted by atomic mass is 10.0. The number of hydrogen-bond acceptors (Lipinski definition) is 12. The summed E-state index contributed by atoms with van der Waals surface area (Å²) in [6.07, 6.45) is 28.1. The van der Waals surface area contributed by atoms with E-state index in [0.29, 0.717) is 97.4 Å². The minimum absolute atomic E-state index is 0.00260. The summed E-state index contributed by atoms with van der Waals surface area (Å²) in [4.78, 5) is 85.8. The third-order valence-corrected chi connectivity index (χ3v) is 14.2. The van der Waals surface area contributed by atoms with Gasteiger partial charge in [-0.3, -0.25) is 28.9 Å². The zero-order chi connectivity index (χ0) is 54.0. The van der Waals surface area contributed by atoms with E-state index in [4.69, 9.17) is 18.9 Å². The second kappa shape index (κ2) is 42.7. The molecule has 424 valence electrons.